The van der Waals surface area contributed by atoms with Crippen LogP contribution in [0.25, 0.3) is 10.2 Å². The predicted molar refractivity (Wildman–Crippen MR) is 126 cm³/mol. The minimum absolute atomic E-state index is 0.115. The summed E-state index contributed by atoms with van der Waals surface area (Å²) in [6.45, 7) is 2.06. The van der Waals surface area contributed by atoms with E-state index in [9.17, 15) is 13.2 Å². The number of benzene rings is 3. The van der Waals surface area contributed by atoms with Crippen molar-refractivity contribution in [1.29, 1.82) is 0 Å². The van der Waals surface area contributed by atoms with Crippen LogP contribution in [-0.4, -0.2) is 25.9 Å². The predicted octanol–water partition coefficient (Wildman–Crippen LogP) is 5.42. The van der Waals surface area contributed by atoms with Gasteiger partial charge in [0.1, 0.15) is 0 Å². The Kier molecular flexibility index (Phi) is 5.95. The minimum Gasteiger partial charge on any atom is -0.298 e. The third kappa shape index (κ3) is 4.41. The fraction of sp³-hybridized carbons (Fsp3) is 0.0909. The summed E-state index contributed by atoms with van der Waals surface area (Å²) in [4.78, 5) is 17.1. The fourth-order valence-corrected chi connectivity index (χ4v) is 5.72. The van der Waals surface area contributed by atoms with Gasteiger partial charge in [-0.1, -0.05) is 41.1 Å². The molecule has 0 fully saturated rings. The van der Waals surface area contributed by atoms with Gasteiger partial charge in [0.25, 0.3) is 15.9 Å². The van der Waals surface area contributed by atoms with Crippen LogP contribution in [0.3, 0.4) is 0 Å². The zero-order valence-electron chi connectivity index (χ0n) is 16.4. The smallest absolute Gasteiger partial charge is 0.264 e. The number of hydrogen-bond donors (Lipinski definition) is 1. The van der Waals surface area contributed by atoms with Crippen LogP contribution in [0, 0.1) is 0 Å². The van der Waals surface area contributed by atoms with E-state index < -0.39 is 10.0 Å². The highest BCUT2D eigenvalue weighted by atomic mass is 35.5. The van der Waals surface area contributed by atoms with Crippen molar-refractivity contribution in [3.05, 3.63) is 83.4 Å². The minimum atomic E-state index is -3.75. The Morgan fingerprint density at radius 1 is 1.06 bits per heavy atom. The van der Waals surface area contributed by atoms with E-state index in [4.69, 9.17) is 11.6 Å². The first-order valence-corrected chi connectivity index (χ1v) is 12.1. The molecule has 1 aromatic heterocycles. The molecule has 4 rings (SSSR count). The van der Waals surface area contributed by atoms with Crippen molar-refractivity contribution < 1.29 is 13.2 Å². The van der Waals surface area contributed by atoms with Crippen molar-refractivity contribution in [3.63, 3.8) is 0 Å². The lowest BCUT2D eigenvalue weighted by Gasteiger charge is -2.22. The van der Waals surface area contributed by atoms with Gasteiger partial charge in [-0.25, -0.2) is 13.4 Å². The number of carbonyl (C=O) groups excluding carboxylic acids is 1. The summed E-state index contributed by atoms with van der Waals surface area (Å²) >= 11 is 7.31. The van der Waals surface area contributed by atoms with E-state index in [0.717, 1.165) is 10.2 Å². The molecular formula is C22H18ClN3O3S2. The van der Waals surface area contributed by atoms with Crippen molar-refractivity contribution in [1.82, 2.24) is 4.98 Å². The van der Waals surface area contributed by atoms with Gasteiger partial charge in [0.15, 0.2) is 5.13 Å². The Bertz CT molecular complexity index is 1340. The first-order chi connectivity index (χ1) is 14.9. The van der Waals surface area contributed by atoms with Crippen LogP contribution in [0.1, 0.15) is 17.3 Å². The third-order valence-electron chi connectivity index (χ3n) is 4.61. The SMILES string of the molecule is CCN(c1ccccc1)S(=O)(=O)c1ccc(C(=O)Nc2nc3ccc(Cl)cc3s2)cc1. The highest BCUT2D eigenvalue weighted by molar-refractivity contribution is 7.92. The maximum Gasteiger partial charge on any atom is 0.264 e. The van der Waals surface area contributed by atoms with Crippen LogP contribution in [0.2, 0.25) is 5.02 Å². The summed E-state index contributed by atoms with van der Waals surface area (Å²) in [5, 5.41) is 3.79. The highest BCUT2D eigenvalue weighted by Gasteiger charge is 2.23. The second-order valence-corrected chi connectivity index (χ2v) is 9.94. The number of thiazole rings is 1. The molecule has 1 amide bonds. The topological polar surface area (TPSA) is 79.4 Å². The summed E-state index contributed by atoms with van der Waals surface area (Å²) in [7, 11) is -3.75. The zero-order valence-corrected chi connectivity index (χ0v) is 18.8. The van der Waals surface area contributed by atoms with Crippen molar-refractivity contribution >= 4 is 59.9 Å². The monoisotopic (exact) mass is 471 g/mol. The van der Waals surface area contributed by atoms with Crippen molar-refractivity contribution in [2.75, 3.05) is 16.2 Å². The summed E-state index contributed by atoms with van der Waals surface area (Å²) in [6, 6.07) is 20.1. The maximum atomic E-state index is 13.1. The first-order valence-electron chi connectivity index (χ1n) is 9.44. The van der Waals surface area contributed by atoms with Crippen molar-refractivity contribution in [2.24, 2.45) is 0 Å². The summed E-state index contributed by atoms with van der Waals surface area (Å²) in [6.07, 6.45) is 0. The number of aromatic nitrogens is 1. The number of rotatable bonds is 6. The van der Waals surface area contributed by atoms with E-state index in [1.165, 1.54) is 39.9 Å². The molecule has 158 valence electrons. The van der Waals surface area contributed by atoms with E-state index in [1.54, 1.807) is 49.4 Å². The van der Waals surface area contributed by atoms with Gasteiger partial charge in [0.05, 0.1) is 20.8 Å². The normalized spacial score (nSPS) is 11.4. The molecule has 4 aromatic rings. The number of para-hydroxylation sites is 1. The lowest BCUT2D eigenvalue weighted by molar-refractivity contribution is 0.102. The van der Waals surface area contributed by atoms with Crippen LogP contribution in [-0.2, 0) is 10.0 Å². The molecule has 0 saturated heterocycles. The molecule has 0 bridgehead atoms. The van der Waals surface area contributed by atoms with E-state index in [2.05, 4.69) is 10.3 Å². The molecular weight excluding hydrogens is 454 g/mol. The number of nitrogens with zero attached hydrogens (tertiary/aromatic N) is 2. The first kappa shape index (κ1) is 21.3. The zero-order chi connectivity index (χ0) is 22.0. The molecule has 0 spiro atoms. The molecule has 0 radical (unpaired) electrons. The van der Waals surface area contributed by atoms with Crippen molar-refractivity contribution in [3.8, 4) is 0 Å². The number of amides is 1. The number of nitrogens with one attached hydrogen (secondary N) is 1. The number of hydrogen-bond acceptors (Lipinski definition) is 5. The van der Waals surface area contributed by atoms with E-state index in [-0.39, 0.29) is 17.3 Å². The van der Waals surface area contributed by atoms with Crippen LogP contribution in [0.4, 0.5) is 10.8 Å². The van der Waals surface area contributed by atoms with E-state index in [1.807, 2.05) is 6.07 Å². The van der Waals surface area contributed by atoms with Gasteiger partial charge in [-0.3, -0.25) is 14.4 Å². The molecule has 0 aliphatic heterocycles. The summed E-state index contributed by atoms with van der Waals surface area (Å²) < 4.78 is 28.3. The van der Waals surface area contributed by atoms with Crippen LogP contribution in [0.15, 0.2) is 77.7 Å². The Hall–Kier alpha value is -2.94. The van der Waals surface area contributed by atoms with Crippen molar-refractivity contribution in [2.45, 2.75) is 11.8 Å². The molecule has 0 unspecified atom stereocenters. The van der Waals surface area contributed by atoms with Gasteiger partial charge in [-0.2, -0.15) is 0 Å². The third-order valence-corrected chi connectivity index (χ3v) is 7.69. The van der Waals surface area contributed by atoms with E-state index >= 15 is 0 Å². The van der Waals surface area contributed by atoms with E-state index in [0.29, 0.717) is 21.4 Å². The Morgan fingerprint density at radius 3 is 2.45 bits per heavy atom. The van der Waals surface area contributed by atoms with Gasteiger partial charge in [-0.05, 0) is 61.5 Å². The number of halogens is 1. The highest BCUT2D eigenvalue weighted by Crippen LogP contribution is 2.29. The molecule has 0 aliphatic rings. The standard InChI is InChI=1S/C22H18ClN3O3S2/c1-2-26(17-6-4-3-5-7-17)31(28,29)18-11-8-15(9-12-18)21(27)25-22-24-19-13-10-16(23)14-20(19)30-22/h3-14H,2H2,1H3,(H,24,25,27). The summed E-state index contributed by atoms with van der Waals surface area (Å²) in [5.74, 6) is -0.371. The maximum absolute atomic E-state index is 13.1. The number of fused-ring (bicyclic) bond motifs is 1. The molecule has 1 N–H and O–H groups in total. The lowest BCUT2D eigenvalue weighted by Crippen LogP contribution is -2.30. The van der Waals surface area contributed by atoms with Gasteiger partial charge in [0, 0.05) is 17.1 Å². The van der Waals surface area contributed by atoms with Gasteiger partial charge >= 0.3 is 0 Å². The largest absolute Gasteiger partial charge is 0.298 e. The second-order valence-electron chi connectivity index (χ2n) is 6.61. The molecule has 0 saturated carbocycles. The van der Waals surface area contributed by atoms with Gasteiger partial charge < -0.3 is 0 Å². The average molecular weight is 472 g/mol. The van der Waals surface area contributed by atoms with Gasteiger partial charge in [-0.15, -0.1) is 0 Å². The number of anilines is 2. The Balaban J connectivity index is 1.54. The van der Waals surface area contributed by atoms with Crippen LogP contribution >= 0.6 is 22.9 Å². The summed E-state index contributed by atoms with van der Waals surface area (Å²) in [5.41, 5.74) is 1.66. The molecule has 9 heteroatoms. The fourth-order valence-electron chi connectivity index (χ4n) is 3.11. The lowest BCUT2D eigenvalue weighted by atomic mass is 10.2. The Labute approximate surface area is 189 Å². The molecule has 0 aliphatic carbocycles. The molecule has 1 heterocycles. The quantitative estimate of drug-likeness (QED) is 0.407. The number of carbonyl (C=O) groups is 1. The molecule has 0 atom stereocenters. The Morgan fingerprint density at radius 2 is 1.77 bits per heavy atom. The number of sulfonamides is 1. The molecule has 6 nitrogen and oxygen atoms in total. The van der Waals surface area contributed by atoms with Crippen LogP contribution < -0.4 is 9.62 Å². The molecule has 31 heavy (non-hydrogen) atoms. The second kappa shape index (κ2) is 8.66. The molecule has 3 aromatic carbocycles. The average Bonchev–Trinajstić information content (AvgIpc) is 3.16. The van der Waals surface area contributed by atoms with Crippen LogP contribution in [0.5, 0.6) is 0 Å². The van der Waals surface area contributed by atoms with Gasteiger partial charge in [0.2, 0.25) is 0 Å².